The minimum Gasteiger partial charge on any atom is -0.381 e. The highest BCUT2D eigenvalue weighted by atomic mass is 19.1. The zero-order chi connectivity index (χ0) is 21.7. The number of carbonyl (C=O) groups excluding carboxylic acids is 1. The molecule has 3 aromatic rings. The molecular weight excluding hydrogens is 411 g/mol. The Morgan fingerprint density at radius 1 is 1.19 bits per heavy atom. The first-order chi connectivity index (χ1) is 15.6. The van der Waals surface area contributed by atoms with Gasteiger partial charge in [-0.05, 0) is 49.9 Å². The number of H-pyrrole nitrogens is 1. The molecule has 1 spiro atoms. The number of ether oxygens (including phenoxy) is 1. The summed E-state index contributed by atoms with van der Waals surface area (Å²) in [6.45, 7) is 2.65. The fourth-order valence-corrected chi connectivity index (χ4v) is 5.35. The second-order valence-electron chi connectivity index (χ2n) is 9.21. The van der Waals surface area contributed by atoms with Gasteiger partial charge < -0.3 is 14.2 Å². The molecule has 1 aromatic carbocycles. The Hall–Kier alpha value is -3.07. The van der Waals surface area contributed by atoms with Crippen LogP contribution < -0.4 is 0 Å². The van der Waals surface area contributed by atoms with E-state index in [4.69, 9.17) is 4.74 Å². The Morgan fingerprint density at radius 3 is 2.72 bits per heavy atom. The molecule has 9 heteroatoms. The van der Waals surface area contributed by atoms with Gasteiger partial charge in [-0.15, -0.1) is 10.2 Å². The third kappa shape index (κ3) is 3.23. The van der Waals surface area contributed by atoms with Gasteiger partial charge in [-0.1, -0.05) is 0 Å². The number of aromatic amines is 1. The molecule has 0 radical (unpaired) electrons. The Kier molecular flexibility index (Phi) is 4.60. The van der Waals surface area contributed by atoms with Crippen LogP contribution in [-0.2, 0) is 4.74 Å². The van der Waals surface area contributed by atoms with Crippen molar-refractivity contribution in [2.75, 3.05) is 26.3 Å². The van der Waals surface area contributed by atoms with Crippen LogP contribution in [0.4, 0.5) is 4.39 Å². The molecule has 2 saturated heterocycles. The first kappa shape index (κ1) is 19.6. The van der Waals surface area contributed by atoms with Crippen LogP contribution in [0.2, 0.25) is 0 Å². The van der Waals surface area contributed by atoms with Crippen LogP contribution in [0.15, 0.2) is 36.8 Å². The molecule has 166 valence electrons. The maximum atomic E-state index is 13.7. The summed E-state index contributed by atoms with van der Waals surface area (Å²) in [5.41, 5.74) is 1.79. The maximum absolute atomic E-state index is 13.7. The van der Waals surface area contributed by atoms with Gasteiger partial charge in [0.25, 0.3) is 5.91 Å². The van der Waals surface area contributed by atoms with Gasteiger partial charge in [-0.25, -0.2) is 4.39 Å². The molecular formula is C23H25FN6O2. The van der Waals surface area contributed by atoms with E-state index < -0.39 is 0 Å². The third-order valence-corrected chi connectivity index (χ3v) is 7.28. The van der Waals surface area contributed by atoms with Gasteiger partial charge in [0, 0.05) is 49.2 Å². The largest absolute Gasteiger partial charge is 0.381 e. The summed E-state index contributed by atoms with van der Waals surface area (Å²) >= 11 is 0. The molecule has 8 nitrogen and oxygen atoms in total. The number of carbonyl (C=O) groups is 1. The highest BCUT2D eigenvalue weighted by Gasteiger charge is 2.52. The quantitative estimate of drug-likeness (QED) is 0.679. The monoisotopic (exact) mass is 436 g/mol. The third-order valence-electron chi connectivity index (χ3n) is 7.28. The summed E-state index contributed by atoms with van der Waals surface area (Å²) in [7, 11) is 0. The molecule has 32 heavy (non-hydrogen) atoms. The van der Waals surface area contributed by atoms with E-state index in [1.54, 1.807) is 18.3 Å². The normalized spacial score (nSPS) is 22.5. The predicted octanol–water partition coefficient (Wildman–Crippen LogP) is 3.18. The highest BCUT2D eigenvalue weighted by molar-refractivity contribution is 6.00. The zero-order valence-electron chi connectivity index (χ0n) is 17.7. The van der Waals surface area contributed by atoms with Crippen molar-refractivity contribution >= 4 is 5.91 Å². The molecule has 2 aliphatic heterocycles. The van der Waals surface area contributed by atoms with Crippen LogP contribution >= 0.6 is 0 Å². The van der Waals surface area contributed by atoms with Crippen LogP contribution in [0.5, 0.6) is 0 Å². The standard InChI is InChI=1S/C23H25FN6O2/c24-16-3-1-15(2-4-16)20-18(11-25-27-20)22(31)29-12-19(23(13-29)7-9-32-10-8-23)21-28-26-14-30(21)17-5-6-17/h1-4,11,14,17,19H,5-10,12-13H2,(H,25,27). The minimum absolute atomic E-state index is 0.0621. The SMILES string of the molecule is O=C(c1cn[nH]c1-c1ccc(F)cc1)N1CC(c2nncn2C2CC2)C2(CCOCC2)C1. The molecule has 1 N–H and O–H groups in total. The highest BCUT2D eigenvalue weighted by Crippen LogP contribution is 2.50. The second kappa shape index (κ2) is 7.51. The van der Waals surface area contributed by atoms with E-state index in [2.05, 4.69) is 25.0 Å². The maximum Gasteiger partial charge on any atom is 0.257 e. The van der Waals surface area contributed by atoms with Crippen molar-refractivity contribution in [2.45, 2.75) is 37.6 Å². The Bertz CT molecular complexity index is 1130. The summed E-state index contributed by atoms with van der Waals surface area (Å²) in [4.78, 5) is 15.6. The van der Waals surface area contributed by atoms with E-state index in [1.807, 2.05) is 11.2 Å². The van der Waals surface area contributed by atoms with E-state index >= 15 is 0 Å². The molecule has 4 heterocycles. The van der Waals surface area contributed by atoms with Crippen molar-refractivity contribution in [2.24, 2.45) is 5.41 Å². The van der Waals surface area contributed by atoms with Crippen molar-refractivity contribution in [3.8, 4) is 11.3 Å². The van der Waals surface area contributed by atoms with E-state index in [0.29, 0.717) is 43.6 Å². The van der Waals surface area contributed by atoms with E-state index in [-0.39, 0.29) is 23.1 Å². The summed E-state index contributed by atoms with van der Waals surface area (Å²) in [6, 6.07) is 6.58. The van der Waals surface area contributed by atoms with E-state index in [9.17, 15) is 9.18 Å². The molecule has 3 aliphatic rings. The molecule has 0 bridgehead atoms. The van der Waals surface area contributed by atoms with Crippen molar-refractivity contribution in [3.63, 3.8) is 0 Å². The Balaban J connectivity index is 1.33. The van der Waals surface area contributed by atoms with Gasteiger partial charge in [-0.2, -0.15) is 5.10 Å². The molecule has 1 unspecified atom stereocenters. The average Bonchev–Trinajstić information content (AvgIpc) is 3.21. The first-order valence-electron chi connectivity index (χ1n) is 11.2. The zero-order valence-corrected chi connectivity index (χ0v) is 17.7. The lowest BCUT2D eigenvalue weighted by atomic mass is 9.71. The number of nitrogens with zero attached hydrogens (tertiary/aromatic N) is 5. The Morgan fingerprint density at radius 2 is 1.97 bits per heavy atom. The van der Waals surface area contributed by atoms with Crippen molar-refractivity contribution in [3.05, 3.63) is 54.0 Å². The van der Waals surface area contributed by atoms with Crippen molar-refractivity contribution < 1.29 is 13.9 Å². The topological polar surface area (TPSA) is 88.9 Å². The lowest BCUT2D eigenvalue weighted by Crippen LogP contribution is -2.37. The fourth-order valence-electron chi connectivity index (χ4n) is 5.35. The smallest absolute Gasteiger partial charge is 0.257 e. The number of benzene rings is 1. The molecule has 1 saturated carbocycles. The van der Waals surface area contributed by atoms with Gasteiger partial charge in [0.1, 0.15) is 18.0 Å². The molecule has 3 fully saturated rings. The number of likely N-dealkylation sites (tertiary alicyclic amines) is 1. The molecule has 2 aromatic heterocycles. The molecule has 1 aliphatic carbocycles. The average molecular weight is 436 g/mol. The van der Waals surface area contributed by atoms with Gasteiger partial charge in [-0.3, -0.25) is 9.89 Å². The Labute approximate surface area is 184 Å². The second-order valence-corrected chi connectivity index (χ2v) is 9.21. The van der Waals surface area contributed by atoms with Crippen LogP contribution in [0.25, 0.3) is 11.3 Å². The lowest BCUT2D eigenvalue weighted by Gasteiger charge is -2.37. The summed E-state index contributed by atoms with van der Waals surface area (Å²) < 4.78 is 21.3. The molecule has 6 rings (SSSR count). The van der Waals surface area contributed by atoms with Crippen molar-refractivity contribution in [1.82, 2.24) is 29.9 Å². The van der Waals surface area contributed by atoms with Gasteiger partial charge in [0.05, 0.1) is 17.5 Å². The van der Waals surface area contributed by atoms with Crippen LogP contribution in [0, 0.1) is 11.2 Å². The summed E-state index contributed by atoms with van der Waals surface area (Å²) in [5, 5.41) is 15.8. The number of aromatic nitrogens is 5. The number of hydrogen-bond donors (Lipinski definition) is 1. The van der Waals surface area contributed by atoms with Crippen LogP contribution in [0.3, 0.4) is 0 Å². The van der Waals surface area contributed by atoms with Crippen LogP contribution in [0.1, 0.15) is 53.8 Å². The first-order valence-corrected chi connectivity index (χ1v) is 11.2. The van der Waals surface area contributed by atoms with E-state index in [1.165, 1.54) is 12.1 Å². The minimum atomic E-state index is -0.315. The fraction of sp³-hybridized carbons (Fsp3) is 0.478. The van der Waals surface area contributed by atoms with Crippen LogP contribution in [-0.4, -0.2) is 62.1 Å². The molecule has 1 amide bonds. The number of rotatable bonds is 4. The van der Waals surface area contributed by atoms with Gasteiger partial charge in [0.15, 0.2) is 0 Å². The summed E-state index contributed by atoms with van der Waals surface area (Å²) in [5.74, 6) is 0.740. The van der Waals surface area contributed by atoms with Crippen molar-refractivity contribution in [1.29, 1.82) is 0 Å². The van der Waals surface area contributed by atoms with Gasteiger partial charge in [0.2, 0.25) is 0 Å². The summed E-state index contributed by atoms with van der Waals surface area (Å²) in [6.07, 6.45) is 7.52. The van der Waals surface area contributed by atoms with E-state index in [0.717, 1.165) is 37.1 Å². The number of hydrogen-bond acceptors (Lipinski definition) is 5. The number of amides is 1. The number of halogens is 1. The predicted molar refractivity (Wildman–Crippen MR) is 113 cm³/mol. The number of nitrogens with one attached hydrogen (secondary N) is 1. The lowest BCUT2D eigenvalue weighted by molar-refractivity contribution is 0.0107. The van der Waals surface area contributed by atoms with Gasteiger partial charge >= 0.3 is 0 Å². The molecule has 1 atom stereocenters.